The zero-order chi connectivity index (χ0) is 16.8. The molecule has 0 amide bonds. The van der Waals surface area contributed by atoms with Crippen molar-refractivity contribution in [2.75, 3.05) is 26.9 Å². The van der Waals surface area contributed by atoms with Crippen molar-refractivity contribution in [3.63, 3.8) is 0 Å². The summed E-state index contributed by atoms with van der Waals surface area (Å²) in [5.74, 6) is -0.997. The molecule has 1 rings (SSSR count). The number of carbonyl (C=O) groups is 1. The number of hydrogen-bond acceptors (Lipinski definition) is 5. The number of rotatable bonds is 7. The summed E-state index contributed by atoms with van der Waals surface area (Å²) in [6, 6.07) is 0.324. The van der Waals surface area contributed by atoms with Crippen molar-refractivity contribution in [2.24, 2.45) is 0 Å². The summed E-state index contributed by atoms with van der Waals surface area (Å²) in [7, 11) is 1.43. The van der Waals surface area contributed by atoms with Gasteiger partial charge < -0.3 is 19.2 Å². The van der Waals surface area contributed by atoms with Crippen molar-refractivity contribution >= 4 is 5.97 Å². The number of ether oxygens (including phenoxy) is 3. The Morgan fingerprint density at radius 2 is 2.00 bits per heavy atom. The second-order valence-electron chi connectivity index (χ2n) is 4.16. The van der Waals surface area contributed by atoms with Crippen LogP contribution in [0.15, 0.2) is 10.9 Å². The average Bonchev–Trinajstić information content (AvgIpc) is 2.42. The molecule has 0 aromatic carbocycles. The molecule has 1 aromatic heterocycles. The SMILES string of the molecule is CCOC(=O)c1c(COCCOC)[nH]c(C(F)(F)F)cc1=O. The van der Waals surface area contributed by atoms with Crippen LogP contribution in [0.4, 0.5) is 13.2 Å². The molecule has 1 aromatic rings. The fraction of sp³-hybridized carbons (Fsp3) is 0.538. The van der Waals surface area contributed by atoms with Crippen LogP contribution < -0.4 is 5.43 Å². The quantitative estimate of drug-likeness (QED) is 0.611. The van der Waals surface area contributed by atoms with Gasteiger partial charge in [-0.15, -0.1) is 0 Å². The van der Waals surface area contributed by atoms with Gasteiger partial charge in [0.15, 0.2) is 5.43 Å². The molecule has 0 aliphatic carbocycles. The first-order chi connectivity index (χ1) is 10.3. The summed E-state index contributed by atoms with van der Waals surface area (Å²) in [6.45, 7) is 1.44. The Bertz CT molecular complexity index is 568. The van der Waals surface area contributed by atoms with E-state index < -0.39 is 28.8 Å². The molecule has 9 heteroatoms. The van der Waals surface area contributed by atoms with Crippen LogP contribution in [0, 0.1) is 0 Å². The Morgan fingerprint density at radius 1 is 1.32 bits per heavy atom. The van der Waals surface area contributed by atoms with E-state index in [0.717, 1.165) is 0 Å². The standard InChI is InChI=1S/C13H16F3NO5/c1-3-22-12(19)11-8(7-21-5-4-20-2)17-10(6-9(11)18)13(14,15)16/h6H,3-5,7H2,1-2H3,(H,17,18). The van der Waals surface area contributed by atoms with E-state index in [4.69, 9.17) is 9.47 Å². The number of halogens is 3. The molecule has 124 valence electrons. The smallest absolute Gasteiger partial charge is 0.431 e. The Kier molecular flexibility index (Phi) is 6.57. The number of H-pyrrole nitrogens is 1. The number of aromatic nitrogens is 1. The molecule has 0 aliphatic rings. The monoisotopic (exact) mass is 323 g/mol. The first-order valence-corrected chi connectivity index (χ1v) is 6.38. The van der Waals surface area contributed by atoms with Crippen LogP contribution >= 0.6 is 0 Å². The highest BCUT2D eigenvalue weighted by atomic mass is 19.4. The third-order valence-electron chi connectivity index (χ3n) is 2.57. The number of methoxy groups -OCH3 is 1. The van der Waals surface area contributed by atoms with E-state index in [2.05, 4.69) is 4.74 Å². The minimum atomic E-state index is -4.74. The lowest BCUT2D eigenvalue weighted by Gasteiger charge is -2.13. The minimum Gasteiger partial charge on any atom is -0.462 e. The largest absolute Gasteiger partial charge is 0.462 e. The maximum Gasteiger partial charge on any atom is 0.431 e. The number of hydrogen-bond donors (Lipinski definition) is 1. The maximum atomic E-state index is 12.7. The van der Waals surface area contributed by atoms with Crippen LogP contribution in [0.25, 0.3) is 0 Å². The molecule has 1 N–H and O–H groups in total. The lowest BCUT2D eigenvalue weighted by molar-refractivity contribution is -0.141. The molecule has 0 saturated carbocycles. The molecule has 0 aliphatic heterocycles. The summed E-state index contributed by atoms with van der Waals surface area (Å²) >= 11 is 0. The fourth-order valence-electron chi connectivity index (χ4n) is 1.62. The van der Waals surface area contributed by atoms with Gasteiger partial charge in [0.2, 0.25) is 0 Å². The van der Waals surface area contributed by atoms with Gasteiger partial charge in [-0.1, -0.05) is 0 Å². The molecule has 22 heavy (non-hydrogen) atoms. The second-order valence-corrected chi connectivity index (χ2v) is 4.16. The Labute approximate surface area is 124 Å². The molecule has 0 bridgehead atoms. The summed E-state index contributed by atoms with van der Waals surface area (Å²) in [5.41, 5.74) is -3.10. The van der Waals surface area contributed by atoms with Crippen molar-refractivity contribution in [1.29, 1.82) is 0 Å². The van der Waals surface area contributed by atoms with Gasteiger partial charge in [0.25, 0.3) is 0 Å². The number of esters is 1. The highest BCUT2D eigenvalue weighted by Gasteiger charge is 2.34. The van der Waals surface area contributed by atoms with Gasteiger partial charge >= 0.3 is 12.1 Å². The van der Waals surface area contributed by atoms with E-state index in [0.29, 0.717) is 6.07 Å². The molecule has 0 fully saturated rings. The van der Waals surface area contributed by atoms with Crippen LogP contribution in [0.2, 0.25) is 0 Å². The third-order valence-corrected chi connectivity index (χ3v) is 2.57. The number of pyridine rings is 1. The molecule has 0 saturated heterocycles. The first kappa shape index (κ1) is 18.2. The highest BCUT2D eigenvalue weighted by Crippen LogP contribution is 2.27. The van der Waals surface area contributed by atoms with Crippen molar-refractivity contribution in [1.82, 2.24) is 4.98 Å². The van der Waals surface area contributed by atoms with Crippen LogP contribution in [-0.4, -0.2) is 37.9 Å². The Balaban J connectivity index is 3.17. The van der Waals surface area contributed by atoms with Crippen LogP contribution in [0.1, 0.15) is 28.7 Å². The highest BCUT2D eigenvalue weighted by molar-refractivity contribution is 5.90. The van der Waals surface area contributed by atoms with Gasteiger partial charge in [0.05, 0.1) is 32.1 Å². The maximum absolute atomic E-state index is 12.7. The van der Waals surface area contributed by atoms with E-state index in [1.165, 1.54) is 14.0 Å². The van der Waals surface area contributed by atoms with Crippen molar-refractivity contribution in [3.8, 4) is 0 Å². The minimum absolute atomic E-state index is 0.0106. The lowest BCUT2D eigenvalue weighted by Crippen LogP contribution is -2.25. The van der Waals surface area contributed by atoms with Crippen LogP contribution in [0.3, 0.4) is 0 Å². The van der Waals surface area contributed by atoms with Crippen molar-refractivity contribution < 1.29 is 32.2 Å². The molecule has 0 spiro atoms. The van der Waals surface area contributed by atoms with Gasteiger partial charge in [-0.3, -0.25) is 4.79 Å². The number of aromatic amines is 1. The predicted octanol–water partition coefficient (Wildman–Crippen LogP) is 1.73. The average molecular weight is 323 g/mol. The lowest BCUT2D eigenvalue weighted by atomic mass is 10.1. The zero-order valence-corrected chi connectivity index (χ0v) is 12.1. The normalized spacial score (nSPS) is 11.5. The van der Waals surface area contributed by atoms with Gasteiger partial charge in [0.1, 0.15) is 11.3 Å². The Hall–Kier alpha value is -1.87. The Morgan fingerprint density at radius 3 is 2.55 bits per heavy atom. The van der Waals surface area contributed by atoms with Gasteiger partial charge in [-0.05, 0) is 6.92 Å². The number of nitrogens with one attached hydrogen (secondary N) is 1. The van der Waals surface area contributed by atoms with E-state index in [9.17, 15) is 22.8 Å². The summed E-state index contributed by atoms with van der Waals surface area (Å²) in [4.78, 5) is 25.6. The van der Waals surface area contributed by atoms with Gasteiger partial charge in [-0.2, -0.15) is 13.2 Å². The molecule has 0 atom stereocenters. The van der Waals surface area contributed by atoms with Gasteiger partial charge in [-0.25, -0.2) is 4.79 Å². The van der Waals surface area contributed by atoms with Gasteiger partial charge in [0, 0.05) is 13.2 Å². The predicted molar refractivity (Wildman–Crippen MR) is 69.6 cm³/mol. The molecule has 1 heterocycles. The third kappa shape index (κ3) is 4.85. The van der Waals surface area contributed by atoms with E-state index in [1.807, 2.05) is 4.98 Å². The molecular weight excluding hydrogens is 307 g/mol. The van der Waals surface area contributed by atoms with Crippen molar-refractivity contribution in [2.45, 2.75) is 19.7 Å². The summed E-state index contributed by atoms with van der Waals surface area (Å²) in [5, 5.41) is 0. The molecule has 0 radical (unpaired) electrons. The van der Waals surface area contributed by atoms with Crippen LogP contribution in [-0.2, 0) is 27.0 Å². The number of alkyl halides is 3. The molecule has 6 nitrogen and oxygen atoms in total. The van der Waals surface area contributed by atoms with E-state index in [-0.39, 0.29) is 32.1 Å². The fourth-order valence-corrected chi connectivity index (χ4v) is 1.62. The summed E-state index contributed by atoms with van der Waals surface area (Å²) in [6.07, 6.45) is -4.74. The zero-order valence-electron chi connectivity index (χ0n) is 12.1. The van der Waals surface area contributed by atoms with E-state index >= 15 is 0 Å². The molecule has 0 unspecified atom stereocenters. The molecular formula is C13H16F3NO5. The van der Waals surface area contributed by atoms with Crippen LogP contribution in [0.5, 0.6) is 0 Å². The first-order valence-electron chi connectivity index (χ1n) is 6.38. The van der Waals surface area contributed by atoms with E-state index in [1.54, 1.807) is 0 Å². The topological polar surface area (TPSA) is 77.6 Å². The second kappa shape index (κ2) is 7.95. The van der Waals surface area contributed by atoms with Crippen molar-refractivity contribution in [3.05, 3.63) is 33.2 Å². The number of carbonyl (C=O) groups excluding carboxylic acids is 1. The summed E-state index contributed by atoms with van der Waals surface area (Å²) < 4.78 is 52.7.